The fourth-order valence-electron chi connectivity index (χ4n) is 1.21. The van der Waals surface area contributed by atoms with Crippen molar-refractivity contribution in [2.24, 2.45) is 0 Å². The van der Waals surface area contributed by atoms with Crippen molar-refractivity contribution < 1.29 is 13.9 Å². The minimum Gasteiger partial charge on any atom is -0.388 e. The largest absolute Gasteiger partial charge is 0.388 e. The Labute approximate surface area is 81.7 Å². The van der Waals surface area contributed by atoms with Gasteiger partial charge in [-0.3, -0.25) is 0 Å². The summed E-state index contributed by atoms with van der Waals surface area (Å²) in [5.41, 5.74) is 0.703. The van der Waals surface area contributed by atoms with Gasteiger partial charge in [0.25, 0.3) is 0 Å². The molecule has 0 aliphatic carbocycles. The van der Waals surface area contributed by atoms with Crippen LogP contribution in [-0.2, 0) is 0 Å². The van der Waals surface area contributed by atoms with E-state index in [9.17, 15) is 13.9 Å². The molecule has 1 aromatic rings. The number of aliphatic hydroxyl groups is 1. The summed E-state index contributed by atoms with van der Waals surface area (Å²) in [6.45, 7) is 5.32. The molecule has 0 aromatic heterocycles. The number of hydrogen-bond donors (Lipinski definition) is 1. The van der Waals surface area contributed by atoms with Crippen LogP contribution < -0.4 is 0 Å². The molecule has 1 unspecified atom stereocenters. The molecule has 1 N–H and O–H groups in total. The molecule has 0 saturated carbocycles. The maximum absolute atomic E-state index is 13.1. The predicted molar refractivity (Wildman–Crippen MR) is 50.7 cm³/mol. The van der Waals surface area contributed by atoms with Gasteiger partial charge in [0.2, 0.25) is 0 Å². The maximum atomic E-state index is 13.1. The van der Waals surface area contributed by atoms with Gasteiger partial charge in [0, 0.05) is 5.56 Å². The Balaban J connectivity index is 2.93. The maximum Gasteiger partial charge on any atom is 0.129 e. The summed E-state index contributed by atoms with van der Waals surface area (Å²) in [7, 11) is 0. The van der Waals surface area contributed by atoms with Crippen LogP contribution in [0.1, 0.15) is 25.0 Å². The van der Waals surface area contributed by atoms with Gasteiger partial charge in [-0.15, -0.1) is 6.58 Å². The van der Waals surface area contributed by atoms with Crippen LogP contribution in [0.25, 0.3) is 0 Å². The summed E-state index contributed by atoms with van der Waals surface area (Å²) >= 11 is 0. The van der Waals surface area contributed by atoms with E-state index in [2.05, 4.69) is 6.58 Å². The van der Waals surface area contributed by atoms with Crippen molar-refractivity contribution in [1.29, 1.82) is 0 Å². The molecule has 0 aliphatic rings. The molecule has 3 heteroatoms. The van der Waals surface area contributed by atoms with Crippen LogP contribution in [0.4, 0.5) is 8.78 Å². The van der Waals surface area contributed by atoms with Gasteiger partial charge >= 0.3 is 0 Å². The zero-order valence-electron chi connectivity index (χ0n) is 7.93. The fraction of sp³-hybridized carbons (Fsp3) is 0.273. The Morgan fingerprint density at radius 1 is 1.50 bits per heavy atom. The molecule has 0 spiro atoms. The zero-order chi connectivity index (χ0) is 10.7. The minimum atomic E-state index is -1.02. The molecule has 1 atom stereocenters. The van der Waals surface area contributed by atoms with Gasteiger partial charge in [0.1, 0.15) is 11.6 Å². The Hall–Kier alpha value is -1.22. The highest BCUT2D eigenvalue weighted by atomic mass is 19.1. The molecular weight excluding hydrogens is 186 g/mol. The lowest BCUT2D eigenvalue weighted by Gasteiger charge is -2.11. The third-order valence-corrected chi connectivity index (χ3v) is 1.86. The van der Waals surface area contributed by atoms with Crippen LogP contribution in [0.15, 0.2) is 30.4 Å². The first kappa shape index (κ1) is 10.9. The number of rotatable bonds is 3. The summed E-state index contributed by atoms with van der Waals surface area (Å²) < 4.78 is 25.9. The second-order valence-corrected chi connectivity index (χ2v) is 3.34. The minimum absolute atomic E-state index is 0.0204. The smallest absolute Gasteiger partial charge is 0.129 e. The molecule has 0 heterocycles. The van der Waals surface area contributed by atoms with Gasteiger partial charge in [-0.05, 0) is 31.5 Å². The van der Waals surface area contributed by atoms with Crippen LogP contribution in [0, 0.1) is 11.6 Å². The van der Waals surface area contributed by atoms with Crippen LogP contribution in [-0.4, -0.2) is 5.11 Å². The summed E-state index contributed by atoms with van der Waals surface area (Å²) in [4.78, 5) is 0. The summed E-state index contributed by atoms with van der Waals surface area (Å²) in [5.74, 6) is -1.15. The number of benzene rings is 1. The Morgan fingerprint density at radius 3 is 2.71 bits per heavy atom. The van der Waals surface area contributed by atoms with Gasteiger partial charge in [0.15, 0.2) is 0 Å². The lowest BCUT2D eigenvalue weighted by Crippen LogP contribution is -2.01. The standard InChI is InChI=1S/C11H12F2O/c1-7(2)5-11(14)9-6-8(12)3-4-10(9)13/h3-4,6,11,14H,1,5H2,2H3. The molecule has 0 radical (unpaired) electrons. The lowest BCUT2D eigenvalue weighted by molar-refractivity contribution is 0.173. The average Bonchev–Trinajstić information content (AvgIpc) is 2.08. The lowest BCUT2D eigenvalue weighted by atomic mass is 10.0. The van der Waals surface area contributed by atoms with Gasteiger partial charge in [0.05, 0.1) is 6.10 Å². The first-order chi connectivity index (χ1) is 6.50. The normalized spacial score (nSPS) is 12.6. The molecule has 0 aliphatic heterocycles. The van der Waals surface area contributed by atoms with E-state index in [-0.39, 0.29) is 12.0 Å². The van der Waals surface area contributed by atoms with Crippen LogP contribution in [0.5, 0.6) is 0 Å². The zero-order valence-corrected chi connectivity index (χ0v) is 7.93. The summed E-state index contributed by atoms with van der Waals surface area (Å²) in [6, 6.07) is 3.03. The second kappa shape index (κ2) is 4.33. The molecule has 1 rings (SSSR count). The van der Waals surface area contributed by atoms with E-state index in [0.717, 1.165) is 23.8 Å². The number of aliphatic hydroxyl groups excluding tert-OH is 1. The molecule has 0 fully saturated rings. The molecular formula is C11H12F2O. The second-order valence-electron chi connectivity index (χ2n) is 3.34. The quantitative estimate of drug-likeness (QED) is 0.740. The summed E-state index contributed by atoms with van der Waals surface area (Å²) in [6.07, 6.45) is -0.788. The van der Waals surface area contributed by atoms with Crippen LogP contribution >= 0.6 is 0 Å². The summed E-state index contributed by atoms with van der Waals surface area (Å²) in [5, 5.41) is 9.53. The molecule has 0 saturated heterocycles. The Kier molecular flexibility index (Phi) is 3.36. The molecule has 14 heavy (non-hydrogen) atoms. The van der Waals surface area contributed by atoms with Gasteiger partial charge in [-0.25, -0.2) is 8.78 Å². The van der Waals surface area contributed by atoms with Crippen molar-refractivity contribution in [1.82, 2.24) is 0 Å². The molecule has 0 amide bonds. The van der Waals surface area contributed by atoms with E-state index in [1.165, 1.54) is 0 Å². The van der Waals surface area contributed by atoms with Gasteiger partial charge in [-0.2, -0.15) is 0 Å². The van der Waals surface area contributed by atoms with Crippen molar-refractivity contribution in [3.63, 3.8) is 0 Å². The van der Waals surface area contributed by atoms with Crippen molar-refractivity contribution in [2.75, 3.05) is 0 Å². The van der Waals surface area contributed by atoms with E-state index in [4.69, 9.17) is 0 Å². The molecule has 1 nitrogen and oxygen atoms in total. The van der Waals surface area contributed by atoms with Gasteiger partial charge in [-0.1, -0.05) is 5.57 Å². The first-order valence-corrected chi connectivity index (χ1v) is 4.28. The van der Waals surface area contributed by atoms with Gasteiger partial charge < -0.3 is 5.11 Å². The molecule has 0 bridgehead atoms. The highest BCUT2D eigenvalue weighted by molar-refractivity contribution is 5.22. The third-order valence-electron chi connectivity index (χ3n) is 1.86. The monoisotopic (exact) mass is 198 g/mol. The van der Waals surface area contributed by atoms with Crippen molar-refractivity contribution in [3.05, 3.63) is 47.5 Å². The predicted octanol–water partition coefficient (Wildman–Crippen LogP) is 2.96. The Bertz CT molecular complexity index is 347. The molecule has 1 aromatic carbocycles. The Morgan fingerprint density at radius 2 is 2.14 bits per heavy atom. The third kappa shape index (κ3) is 2.64. The number of hydrogen-bond acceptors (Lipinski definition) is 1. The number of halogens is 2. The van der Waals surface area contributed by atoms with E-state index in [0.29, 0.717) is 0 Å². The van der Waals surface area contributed by atoms with E-state index >= 15 is 0 Å². The first-order valence-electron chi connectivity index (χ1n) is 4.28. The molecule has 76 valence electrons. The fourth-order valence-corrected chi connectivity index (χ4v) is 1.21. The average molecular weight is 198 g/mol. The highest BCUT2D eigenvalue weighted by Gasteiger charge is 2.13. The SMILES string of the molecule is C=C(C)CC(O)c1cc(F)ccc1F. The van der Waals surface area contributed by atoms with Crippen LogP contribution in [0.2, 0.25) is 0 Å². The van der Waals surface area contributed by atoms with Crippen LogP contribution in [0.3, 0.4) is 0 Å². The highest BCUT2D eigenvalue weighted by Crippen LogP contribution is 2.23. The van der Waals surface area contributed by atoms with E-state index in [1.54, 1.807) is 6.92 Å². The van der Waals surface area contributed by atoms with E-state index in [1.807, 2.05) is 0 Å². The topological polar surface area (TPSA) is 20.2 Å². The van der Waals surface area contributed by atoms with E-state index < -0.39 is 17.7 Å². The van der Waals surface area contributed by atoms with Crippen molar-refractivity contribution >= 4 is 0 Å². The van der Waals surface area contributed by atoms with Crippen molar-refractivity contribution in [2.45, 2.75) is 19.4 Å². The van der Waals surface area contributed by atoms with Crippen molar-refractivity contribution in [3.8, 4) is 0 Å².